The van der Waals surface area contributed by atoms with E-state index < -0.39 is 23.5 Å². The van der Waals surface area contributed by atoms with E-state index in [1.165, 1.54) is 11.8 Å². The van der Waals surface area contributed by atoms with Crippen LogP contribution in [0.3, 0.4) is 0 Å². The van der Waals surface area contributed by atoms with Gasteiger partial charge in [0.05, 0.1) is 5.41 Å². The summed E-state index contributed by atoms with van der Waals surface area (Å²) in [6, 6.07) is 0. The molecule has 1 atom stereocenters. The van der Waals surface area contributed by atoms with Gasteiger partial charge in [0, 0.05) is 26.1 Å². The molecule has 0 aliphatic rings. The van der Waals surface area contributed by atoms with Crippen molar-refractivity contribution < 1.29 is 29.0 Å². The molecule has 0 rings (SSSR count). The highest BCUT2D eigenvalue weighted by molar-refractivity contribution is 5.86. The van der Waals surface area contributed by atoms with Crippen molar-refractivity contribution in [3.63, 3.8) is 0 Å². The van der Waals surface area contributed by atoms with E-state index in [0.717, 1.165) is 0 Å². The van der Waals surface area contributed by atoms with E-state index in [-0.39, 0.29) is 31.1 Å². The third-order valence-corrected chi connectivity index (χ3v) is 3.18. The second kappa shape index (κ2) is 9.29. The molecule has 1 N–H and O–H groups in total. The Morgan fingerprint density at radius 3 is 2.17 bits per heavy atom. The van der Waals surface area contributed by atoms with Crippen LogP contribution in [-0.2, 0) is 23.9 Å². The van der Waals surface area contributed by atoms with Crippen LogP contribution in [0, 0.1) is 5.41 Å². The first kappa shape index (κ1) is 21.1. The molecule has 7 nitrogen and oxygen atoms in total. The summed E-state index contributed by atoms with van der Waals surface area (Å²) in [6.45, 7) is 7.69. The first-order valence-electron chi connectivity index (χ1n) is 7.35. The van der Waals surface area contributed by atoms with Crippen LogP contribution in [-0.4, -0.2) is 61.3 Å². The van der Waals surface area contributed by atoms with Gasteiger partial charge >= 0.3 is 11.9 Å². The van der Waals surface area contributed by atoms with E-state index >= 15 is 0 Å². The minimum Gasteiger partial charge on any atom is -0.462 e. The number of aliphatic hydroxyl groups is 1. The van der Waals surface area contributed by atoms with Gasteiger partial charge in [-0.15, -0.1) is 0 Å². The van der Waals surface area contributed by atoms with Crippen LogP contribution in [0.4, 0.5) is 0 Å². The van der Waals surface area contributed by atoms with Crippen molar-refractivity contribution in [2.24, 2.45) is 5.41 Å². The van der Waals surface area contributed by atoms with Gasteiger partial charge in [-0.2, -0.15) is 0 Å². The molecule has 0 radical (unpaired) electrons. The molecule has 0 aromatic rings. The summed E-state index contributed by atoms with van der Waals surface area (Å²) in [5, 5.41) is 9.64. The molecular weight excluding hydrogens is 302 g/mol. The Kier molecular flexibility index (Phi) is 8.53. The summed E-state index contributed by atoms with van der Waals surface area (Å²) in [4.78, 5) is 36.2. The SMILES string of the molecule is C=C(C)C(=O)OCC(O)COC(=O)C(C)(C)CCC(=O)N(C)C. The average Bonchev–Trinajstić information content (AvgIpc) is 2.47. The molecule has 0 bridgehead atoms. The normalized spacial score (nSPS) is 12.3. The van der Waals surface area contributed by atoms with Crippen molar-refractivity contribution in [3.05, 3.63) is 12.2 Å². The van der Waals surface area contributed by atoms with E-state index in [9.17, 15) is 19.5 Å². The van der Waals surface area contributed by atoms with E-state index in [1.54, 1.807) is 27.9 Å². The van der Waals surface area contributed by atoms with Gasteiger partial charge < -0.3 is 19.5 Å². The number of hydrogen-bond donors (Lipinski definition) is 1. The molecule has 0 saturated heterocycles. The van der Waals surface area contributed by atoms with Crippen LogP contribution in [0.5, 0.6) is 0 Å². The highest BCUT2D eigenvalue weighted by Gasteiger charge is 2.30. The fourth-order valence-corrected chi connectivity index (χ4v) is 1.46. The number of carbonyl (C=O) groups is 3. The van der Waals surface area contributed by atoms with Crippen LogP contribution in [0.2, 0.25) is 0 Å². The Bertz CT molecular complexity index is 455. The Balaban J connectivity index is 4.22. The smallest absolute Gasteiger partial charge is 0.333 e. The van der Waals surface area contributed by atoms with Crippen molar-refractivity contribution in [3.8, 4) is 0 Å². The lowest BCUT2D eigenvalue weighted by molar-refractivity contribution is -0.159. The van der Waals surface area contributed by atoms with Gasteiger partial charge in [0.15, 0.2) is 0 Å². The fourth-order valence-electron chi connectivity index (χ4n) is 1.46. The minimum absolute atomic E-state index is 0.0717. The molecule has 7 heteroatoms. The summed E-state index contributed by atoms with van der Waals surface area (Å²) in [7, 11) is 3.30. The molecule has 0 saturated carbocycles. The zero-order valence-electron chi connectivity index (χ0n) is 14.5. The van der Waals surface area contributed by atoms with Gasteiger partial charge in [-0.3, -0.25) is 9.59 Å². The van der Waals surface area contributed by atoms with Gasteiger partial charge in [0.25, 0.3) is 0 Å². The summed E-state index contributed by atoms with van der Waals surface area (Å²) < 4.78 is 9.79. The lowest BCUT2D eigenvalue weighted by Gasteiger charge is -2.23. The molecule has 0 fully saturated rings. The molecule has 0 aromatic heterocycles. The van der Waals surface area contributed by atoms with Crippen molar-refractivity contribution in [1.29, 1.82) is 0 Å². The molecule has 0 aromatic carbocycles. The monoisotopic (exact) mass is 329 g/mol. The topological polar surface area (TPSA) is 93.1 Å². The number of rotatable bonds is 9. The number of esters is 2. The molecular formula is C16H27NO6. The van der Waals surface area contributed by atoms with Gasteiger partial charge in [-0.05, 0) is 27.2 Å². The number of ether oxygens (including phenoxy) is 2. The summed E-state index contributed by atoms with van der Waals surface area (Å²) in [5.74, 6) is -1.20. The van der Waals surface area contributed by atoms with Crippen LogP contribution < -0.4 is 0 Å². The lowest BCUT2D eigenvalue weighted by Crippen LogP contribution is -2.33. The van der Waals surface area contributed by atoms with E-state index in [1.807, 2.05) is 0 Å². The van der Waals surface area contributed by atoms with E-state index in [2.05, 4.69) is 6.58 Å². The van der Waals surface area contributed by atoms with Gasteiger partial charge in [-0.1, -0.05) is 6.58 Å². The van der Waals surface area contributed by atoms with Crippen molar-refractivity contribution in [2.75, 3.05) is 27.3 Å². The van der Waals surface area contributed by atoms with Gasteiger partial charge in [0.2, 0.25) is 5.91 Å². The number of amides is 1. The predicted octanol–water partition coefficient (Wildman–Crippen LogP) is 0.904. The summed E-state index contributed by atoms with van der Waals surface area (Å²) >= 11 is 0. The highest BCUT2D eigenvalue weighted by Crippen LogP contribution is 2.24. The first-order chi connectivity index (χ1) is 10.5. The molecule has 0 aliphatic carbocycles. The summed E-state index contributed by atoms with van der Waals surface area (Å²) in [6.07, 6.45) is -0.543. The summed E-state index contributed by atoms with van der Waals surface area (Å²) in [5.41, 5.74) is -0.624. The second-order valence-electron chi connectivity index (χ2n) is 6.30. The quantitative estimate of drug-likeness (QED) is 0.499. The molecule has 23 heavy (non-hydrogen) atoms. The number of hydrogen-bond acceptors (Lipinski definition) is 6. The second-order valence-corrected chi connectivity index (χ2v) is 6.30. The van der Waals surface area contributed by atoms with Gasteiger partial charge in [0.1, 0.15) is 19.3 Å². The van der Waals surface area contributed by atoms with Crippen LogP contribution in [0.1, 0.15) is 33.6 Å². The largest absolute Gasteiger partial charge is 0.462 e. The van der Waals surface area contributed by atoms with Crippen molar-refractivity contribution in [1.82, 2.24) is 4.90 Å². The van der Waals surface area contributed by atoms with Crippen LogP contribution in [0.15, 0.2) is 12.2 Å². The standard InChI is InChI=1S/C16H27NO6/c1-11(2)14(20)22-9-12(18)10-23-15(21)16(3,4)8-7-13(19)17(5)6/h12,18H,1,7-10H2,2-6H3. The zero-order chi connectivity index (χ0) is 18.2. The van der Waals surface area contributed by atoms with Crippen LogP contribution >= 0.6 is 0 Å². The molecule has 132 valence electrons. The maximum Gasteiger partial charge on any atom is 0.333 e. The first-order valence-corrected chi connectivity index (χ1v) is 7.35. The van der Waals surface area contributed by atoms with E-state index in [4.69, 9.17) is 9.47 Å². The third-order valence-electron chi connectivity index (χ3n) is 3.18. The fraction of sp³-hybridized carbons (Fsp3) is 0.688. The molecule has 0 heterocycles. The number of carbonyl (C=O) groups excluding carboxylic acids is 3. The number of aliphatic hydroxyl groups excluding tert-OH is 1. The van der Waals surface area contributed by atoms with E-state index in [0.29, 0.717) is 6.42 Å². The Hall–Kier alpha value is -1.89. The molecule has 1 amide bonds. The minimum atomic E-state index is -1.11. The maximum atomic E-state index is 12.0. The van der Waals surface area contributed by atoms with Crippen molar-refractivity contribution >= 4 is 17.8 Å². The van der Waals surface area contributed by atoms with Gasteiger partial charge in [-0.25, -0.2) is 4.79 Å². The molecule has 0 aliphatic heterocycles. The third kappa shape index (κ3) is 8.35. The Morgan fingerprint density at radius 1 is 1.17 bits per heavy atom. The number of nitrogens with zero attached hydrogens (tertiary/aromatic N) is 1. The maximum absolute atomic E-state index is 12.0. The lowest BCUT2D eigenvalue weighted by atomic mass is 9.87. The molecule has 0 spiro atoms. The molecule has 1 unspecified atom stereocenters. The predicted molar refractivity (Wildman–Crippen MR) is 84.4 cm³/mol. The van der Waals surface area contributed by atoms with Crippen LogP contribution in [0.25, 0.3) is 0 Å². The zero-order valence-corrected chi connectivity index (χ0v) is 14.5. The Morgan fingerprint density at radius 2 is 1.70 bits per heavy atom. The average molecular weight is 329 g/mol. The Labute approximate surface area is 137 Å². The van der Waals surface area contributed by atoms with Crippen molar-refractivity contribution in [2.45, 2.75) is 39.7 Å². The highest BCUT2D eigenvalue weighted by atomic mass is 16.6.